The van der Waals surface area contributed by atoms with Gasteiger partial charge in [0.25, 0.3) is 5.91 Å². The van der Waals surface area contributed by atoms with Crippen molar-refractivity contribution in [1.82, 2.24) is 20.2 Å². The van der Waals surface area contributed by atoms with Gasteiger partial charge in [0.2, 0.25) is 5.90 Å². The predicted octanol–water partition coefficient (Wildman–Crippen LogP) is 3.54. The molecule has 6 rings (SSSR count). The van der Waals surface area contributed by atoms with E-state index in [4.69, 9.17) is 19.2 Å². The number of hydrogen-bond donors (Lipinski definition) is 1. The van der Waals surface area contributed by atoms with Crippen LogP contribution in [0.2, 0.25) is 0 Å². The van der Waals surface area contributed by atoms with Crippen molar-refractivity contribution in [2.45, 2.75) is 56.7 Å². The van der Waals surface area contributed by atoms with Gasteiger partial charge in [-0.15, -0.1) is 0 Å². The van der Waals surface area contributed by atoms with Gasteiger partial charge in [-0.2, -0.15) is 0 Å². The van der Waals surface area contributed by atoms with Crippen LogP contribution in [0.1, 0.15) is 66.6 Å². The molecule has 9 nitrogen and oxygen atoms in total. The molecule has 5 heterocycles. The smallest absolute Gasteiger partial charge is 0.253 e. The lowest BCUT2D eigenvalue weighted by Crippen LogP contribution is -2.69. The van der Waals surface area contributed by atoms with Crippen LogP contribution in [-0.2, 0) is 14.2 Å². The molecule has 1 amide bonds. The number of carbonyl (C=O) groups is 1. The molecule has 2 aromatic heterocycles. The first kappa shape index (κ1) is 25.2. The van der Waals surface area contributed by atoms with Crippen molar-refractivity contribution in [3.63, 3.8) is 0 Å². The minimum atomic E-state index is -0.965. The van der Waals surface area contributed by atoms with Crippen LogP contribution >= 0.6 is 0 Å². The van der Waals surface area contributed by atoms with Gasteiger partial charge in [-0.1, -0.05) is 6.07 Å². The van der Waals surface area contributed by atoms with Crippen molar-refractivity contribution < 1.29 is 19.0 Å². The van der Waals surface area contributed by atoms with Crippen LogP contribution in [0.15, 0.2) is 53.5 Å². The molecule has 200 valence electrons. The second-order valence-corrected chi connectivity index (χ2v) is 10.5. The summed E-state index contributed by atoms with van der Waals surface area (Å²) in [7, 11) is 0. The van der Waals surface area contributed by atoms with Crippen LogP contribution in [0.5, 0.6) is 0 Å². The summed E-state index contributed by atoms with van der Waals surface area (Å²) in [6, 6.07) is 7.69. The van der Waals surface area contributed by atoms with Gasteiger partial charge >= 0.3 is 0 Å². The monoisotopic (exact) mass is 517 g/mol. The van der Waals surface area contributed by atoms with E-state index in [1.165, 1.54) is 0 Å². The first-order valence-corrected chi connectivity index (χ1v) is 13.7. The molecule has 1 N–H and O–H groups in total. The van der Waals surface area contributed by atoms with Gasteiger partial charge in [0, 0.05) is 73.8 Å². The van der Waals surface area contributed by atoms with Gasteiger partial charge in [0.1, 0.15) is 6.10 Å². The second kappa shape index (κ2) is 10.9. The molecule has 1 aliphatic carbocycles. The highest BCUT2D eigenvalue weighted by Gasteiger charge is 2.49. The largest absolute Gasteiger partial charge is 0.475 e. The number of rotatable bonds is 6. The van der Waals surface area contributed by atoms with Crippen molar-refractivity contribution in [2.75, 3.05) is 39.5 Å². The van der Waals surface area contributed by atoms with Crippen LogP contribution < -0.4 is 5.32 Å². The molecule has 9 heteroatoms. The van der Waals surface area contributed by atoms with E-state index in [-0.39, 0.29) is 12.0 Å². The highest BCUT2D eigenvalue weighted by atomic mass is 16.5. The third kappa shape index (κ3) is 5.23. The van der Waals surface area contributed by atoms with Gasteiger partial charge in [-0.25, -0.2) is 4.99 Å². The minimum Gasteiger partial charge on any atom is -0.475 e. The summed E-state index contributed by atoms with van der Waals surface area (Å²) >= 11 is 0. The number of hydrogen-bond acceptors (Lipinski definition) is 8. The fourth-order valence-electron chi connectivity index (χ4n) is 5.52. The van der Waals surface area contributed by atoms with E-state index in [1.54, 1.807) is 18.5 Å². The Labute approximate surface area is 223 Å². The average Bonchev–Trinajstić information content (AvgIpc) is 3.82. The lowest BCUT2D eigenvalue weighted by molar-refractivity contribution is -0.0281. The molecule has 3 fully saturated rings. The molecule has 0 spiro atoms. The van der Waals surface area contributed by atoms with E-state index in [9.17, 15) is 4.79 Å². The standard InChI is InChI=1S/C29H35N5O4/c1-20-25(23-3-2-9-30-19-23)18-29(34-11-15-37-16-12-34,28(32-20)38-24-7-13-36-14-8-24)33-27(35)22-6-10-31-26(17-22)21-4-5-21/h2-3,6,9-10,17,19,21,24H,4-5,7-8,11-16,18H2,1H3,(H,33,35). The quantitative estimate of drug-likeness (QED) is 0.626. The zero-order valence-electron chi connectivity index (χ0n) is 21.9. The summed E-state index contributed by atoms with van der Waals surface area (Å²) in [5.41, 5.74) is 3.53. The zero-order chi connectivity index (χ0) is 26.0. The van der Waals surface area contributed by atoms with Crippen molar-refractivity contribution in [3.05, 3.63) is 65.4 Å². The van der Waals surface area contributed by atoms with E-state index in [1.807, 2.05) is 31.3 Å². The summed E-state index contributed by atoms with van der Waals surface area (Å²) in [4.78, 5) is 30.1. The van der Waals surface area contributed by atoms with Crippen molar-refractivity contribution in [2.24, 2.45) is 4.99 Å². The number of morpholine rings is 1. The Hall–Kier alpha value is -3.14. The molecule has 1 saturated carbocycles. The molecular formula is C29H35N5O4. The Morgan fingerprint density at radius 1 is 1.08 bits per heavy atom. The second-order valence-electron chi connectivity index (χ2n) is 10.5. The Bertz CT molecular complexity index is 1220. The summed E-state index contributed by atoms with van der Waals surface area (Å²) in [6.07, 6.45) is 9.70. The number of aliphatic imine (C=N–C) groups is 1. The highest BCUT2D eigenvalue weighted by molar-refractivity contribution is 6.01. The number of amides is 1. The fraction of sp³-hybridized carbons (Fsp3) is 0.517. The van der Waals surface area contributed by atoms with Crippen molar-refractivity contribution in [3.8, 4) is 0 Å². The maximum atomic E-state index is 14.0. The van der Waals surface area contributed by atoms with Crippen molar-refractivity contribution >= 4 is 17.4 Å². The molecule has 1 unspecified atom stereocenters. The van der Waals surface area contributed by atoms with Gasteiger partial charge in [-0.3, -0.25) is 19.7 Å². The van der Waals surface area contributed by atoms with E-state index >= 15 is 0 Å². The first-order chi connectivity index (χ1) is 18.6. The molecule has 0 aromatic carbocycles. The number of carbonyl (C=O) groups excluding carboxylic acids is 1. The molecular weight excluding hydrogens is 482 g/mol. The van der Waals surface area contributed by atoms with Gasteiger partial charge in [0.05, 0.1) is 26.4 Å². The maximum Gasteiger partial charge on any atom is 0.253 e. The van der Waals surface area contributed by atoms with Gasteiger partial charge < -0.3 is 19.5 Å². The topological polar surface area (TPSA) is 98.2 Å². The van der Waals surface area contributed by atoms with E-state index in [0.29, 0.717) is 63.3 Å². The Balaban J connectivity index is 1.41. The average molecular weight is 518 g/mol. The lowest BCUT2D eigenvalue weighted by Gasteiger charge is -2.48. The molecule has 2 saturated heterocycles. The summed E-state index contributed by atoms with van der Waals surface area (Å²) in [5.74, 6) is 0.845. The van der Waals surface area contributed by atoms with Crippen LogP contribution in [-0.4, -0.2) is 78.0 Å². The third-order valence-corrected chi connectivity index (χ3v) is 7.86. The zero-order valence-corrected chi connectivity index (χ0v) is 21.9. The normalized spacial score (nSPS) is 25.1. The SMILES string of the molecule is CC1=C(c2cccnc2)CC(NC(=O)c2ccnc(C3CC3)c2)(N2CCOCC2)C(OC2CCOCC2)=N1. The summed E-state index contributed by atoms with van der Waals surface area (Å²) in [6.45, 7) is 5.78. The molecule has 2 aromatic rings. The number of nitrogens with zero attached hydrogens (tertiary/aromatic N) is 4. The Morgan fingerprint density at radius 3 is 2.61 bits per heavy atom. The predicted molar refractivity (Wildman–Crippen MR) is 143 cm³/mol. The van der Waals surface area contributed by atoms with Crippen LogP contribution in [0.3, 0.4) is 0 Å². The number of nitrogens with one attached hydrogen (secondary N) is 1. The summed E-state index contributed by atoms with van der Waals surface area (Å²) < 4.78 is 18.0. The number of aromatic nitrogens is 2. The fourth-order valence-corrected chi connectivity index (χ4v) is 5.52. The summed E-state index contributed by atoms with van der Waals surface area (Å²) in [5, 5.41) is 3.43. The molecule has 0 radical (unpaired) electrons. The number of allylic oxidation sites excluding steroid dienone is 1. The molecule has 0 bridgehead atoms. The highest BCUT2D eigenvalue weighted by Crippen LogP contribution is 2.40. The van der Waals surface area contributed by atoms with E-state index in [2.05, 4.69) is 20.2 Å². The van der Waals surface area contributed by atoms with Crippen LogP contribution in [0.25, 0.3) is 5.57 Å². The number of pyridine rings is 2. The molecule has 38 heavy (non-hydrogen) atoms. The lowest BCUT2D eigenvalue weighted by atomic mass is 9.88. The van der Waals surface area contributed by atoms with Crippen LogP contribution in [0, 0.1) is 0 Å². The first-order valence-electron chi connectivity index (χ1n) is 13.7. The third-order valence-electron chi connectivity index (χ3n) is 7.86. The molecule has 3 aliphatic heterocycles. The molecule has 1 atom stereocenters. The van der Waals surface area contributed by atoms with Crippen molar-refractivity contribution in [1.29, 1.82) is 0 Å². The number of ether oxygens (including phenoxy) is 3. The Morgan fingerprint density at radius 2 is 1.87 bits per heavy atom. The van der Waals surface area contributed by atoms with Crippen LogP contribution in [0.4, 0.5) is 0 Å². The maximum absolute atomic E-state index is 14.0. The minimum absolute atomic E-state index is 0.0186. The van der Waals surface area contributed by atoms with E-state index in [0.717, 1.165) is 48.2 Å². The molecule has 4 aliphatic rings. The van der Waals surface area contributed by atoms with Gasteiger partial charge in [0.15, 0.2) is 5.66 Å². The Kier molecular flexibility index (Phi) is 7.23. The van der Waals surface area contributed by atoms with Gasteiger partial charge in [-0.05, 0) is 49.1 Å². The van der Waals surface area contributed by atoms with E-state index < -0.39 is 5.66 Å².